The molecule has 1 aromatic heterocycles. The predicted molar refractivity (Wildman–Crippen MR) is 83.3 cm³/mol. The minimum Gasteiger partial charge on any atom is -0.229 e. The number of nitriles is 1. The summed E-state index contributed by atoms with van der Waals surface area (Å²) in [5, 5.41) is 9.71. The van der Waals surface area contributed by atoms with E-state index in [1.54, 1.807) is 11.3 Å². The van der Waals surface area contributed by atoms with E-state index in [2.05, 4.69) is 72.0 Å². The van der Waals surface area contributed by atoms with Crippen LogP contribution in [-0.2, 0) is 11.8 Å². The summed E-state index contributed by atoms with van der Waals surface area (Å²) in [6.45, 7) is 6.60. The SMILES string of the molecule is CC(C)(C)c1ccc(-c2nc(Br)c(CC#N)s2)cc1. The maximum atomic E-state index is 8.76. The number of hydrogen-bond donors (Lipinski definition) is 0. The Morgan fingerprint density at radius 3 is 2.42 bits per heavy atom. The molecule has 1 aromatic carbocycles. The summed E-state index contributed by atoms with van der Waals surface area (Å²) in [6.07, 6.45) is 0.401. The van der Waals surface area contributed by atoms with Gasteiger partial charge in [-0.05, 0) is 26.9 Å². The Hall–Kier alpha value is -1.18. The van der Waals surface area contributed by atoms with Crippen LogP contribution in [0.2, 0.25) is 0 Å². The van der Waals surface area contributed by atoms with Gasteiger partial charge in [0, 0.05) is 5.56 Å². The number of benzene rings is 1. The van der Waals surface area contributed by atoms with Gasteiger partial charge in [-0.2, -0.15) is 5.26 Å². The smallest absolute Gasteiger partial charge is 0.124 e. The van der Waals surface area contributed by atoms with Crippen molar-refractivity contribution in [2.24, 2.45) is 0 Å². The lowest BCUT2D eigenvalue weighted by Crippen LogP contribution is -2.10. The minimum atomic E-state index is 0.161. The van der Waals surface area contributed by atoms with Crippen molar-refractivity contribution in [1.29, 1.82) is 5.26 Å². The van der Waals surface area contributed by atoms with Gasteiger partial charge in [-0.1, -0.05) is 45.0 Å². The molecule has 0 spiro atoms. The number of nitrogens with zero attached hydrogens (tertiary/aromatic N) is 2. The first kappa shape index (κ1) is 14.2. The second kappa shape index (κ2) is 5.44. The fourth-order valence-electron chi connectivity index (χ4n) is 1.75. The minimum absolute atomic E-state index is 0.161. The third kappa shape index (κ3) is 3.23. The topological polar surface area (TPSA) is 36.7 Å². The Morgan fingerprint density at radius 1 is 1.26 bits per heavy atom. The van der Waals surface area contributed by atoms with Crippen LogP contribution < -0.4 is 0 Å². The molecule has 0 aliphatic carbocycles. The highest BCUT2D eigenvalue weighted by Gasteiger charge is 2.14. The van der Waals surface area contributed by atoms with Crippen molar-refractivity contribution in [3.8, 4) is 16.6 Å². The Bertz CT molecular complexity index is 615. The Balaban J connectivity index is 2.33. The average molecular weight is 335 g/mol. The van der Waals surface area contributed by atoms with Gasteiger partial charge >= 0.3 is 0 Å². The molecule has 2 nitrogen and oxygen atoms in total. The van der Waals surface area contributed by atoms with Crippen molar-refractivity contribution in [3.63, 3.8) is 0 Å². The van der Waals surface area contributed by atoms with Gasteiger partial charge in [0.15, 0.2) is 0 Å². The van der Waals surface area contributed by atoms with Gasteiger partial charge in [-0.25, -0.2) is 4.98 Å². The highest BCUT2D eigenvalue weighted by Crippen LogP contribution is 2.32. The molecular weight excluding hydrogens is 320 g/mol. The monoisotopic (exact) mass is 334 g/mol. The average Bonchev–Trinajstić information content (AvgIpc) is 2.71. The van der Waals surface area contributed by atoms with E-state index in [-0.39, 0.29) is 5.41 Å². The van der Waals surface area contributed by atoms with Crippen molar-refractivity contribution in [2.45, 2.75) is 32.6 Å². The van der Waals surface area contributed by atoms with Crippen LogP contribution in [0.25, 0.3) is 10.6 Å². The summed E-state index contributed by atoms with van der Waals surface area (Å²) >= 11 is 4.98. The van der Waals surface area contributed by atoms with Gasteiger partial charge in [0.05, 0.1) is 17.4 Å². The lowest BCUT2D eigenvalue weighted by molar-refractivity contribution is 0.590. The van der Waals surface area contributed by atoms with Crippen LogP contribution in [0.1, 0.15) is 31.2 Å². The highest BCUT2D eigenvalue weighted by molar-refractivity contribution is 9.10. The van der Waals surface area contributed by atoms with E-state index in [4.69, 9.17) is 5.26 Å². The standard InChI is InChI=1S/C15H15BrN2S/c1-15(2,3)11-6-4-10(5-7-11)14-18-13(16)12(19-14)8-9-17/h4-7H,8H2,1-3H3. The van der Waals surface area contributed by atoms with Crippen molar-refractivity contribution >= 4 is 27.3 Å². The van der Waals surface area contributed by atoms with Crippen LogP contribution >= 0.6 is 27.3 Å². The molecule has 0 aliphatic heterocycles. The van der Waals surface area contributed by atoms with E-state index in [9.17, 15) is 0 Å². The number of aromatic nitrogens is 1. The molecule has 0 bridgehead atoms. The molecule has 19 heavy (non-hydrogen) atoms. The molecular formula is C15H15BrN2S. The summed E-state index contributed by atoms with van der Waals surface area (Å²) in [5.74, 6) is 0. The molecule has 0 radical (unpaired) electrons. The molecule has 4 heteroatoms. The number of thiazole rings is 1. The van der Waals surface area contributed by atoms with Crippen molar-refractivity contribution in [3.05, 3.63) is 39.3 Å². The summed E-state index contributed by atoms with van der Waals surface area (Å²) < 4.78 is 0.786. The Morgan fingerprint density at radius 2 is 1.89 bits per heavy atom. The summed E-state index contributed by atoms with van der Waals surface area (Å²) in [6, 6.07) is 10.7. The van der Waals surface area contributed by atoms with Gasteiger partial charge in [0.25, 0.3) is 0 Å². The molecule has 2 rings (SSSR count). The van der Waals surface area contributed by atoms with Crippen molar-refractivity contribution in [2.75, 3.05) is 0 Å². The first-order valence-corrected chi connectivity index (χ1v) is 7.66. The maximum absolute atomic E-state index is 8.76. The fourth-order valence-corrected chi connectivity index (χ4v) is 3.32. The van der Waals surface area contributed by atoms with Crippen LogP contribution in [0.5, 0.6) is 0 Å². The second-order valence-corrected chi connectivity index (χ2v) is 7.23. The van der Waals surface area contributed by atoms with Crippen LogP contribution in [0.3, 0.4) is 0 Å². The van der Waals surface area contributed by atoms with Gasteiger partial charge in [-0.15, -0.1) is 11.3 Å². The summed E-state index contributed by atoms with van der Waals surface area (Å²) in [5.41, 5.74) is 2.57. The zero-order valence-electron chi connectivity index (χ0n) is 11.2. The van der Waals surface area contributed by atoms with E-state index in [1.165, 1.54) is 5.56 Å². The van der Waals surface area contributed by atoms with E-state index < -0.39 is 0 Å². The maximum Gasteiger partial charge on any atom is 0.124 e. The number of rotatable bonds is 2. The third-order valence-electron chi connectivity index (χ3n) is 2.89. The Kier molecular flexibility index (Phi) is 4.07. The van der Waals surface area contributed by atoms with Crippen LogP contribution in [0, 0.1) is 11.3 Å². The van der Waals surface area contributed by atoms with Crippen LogP contribution in [0.4, 0.5) is 0 Å². The van der Waals surface area contributed by atoms with Crippen molar-refractivity contribution in [1.82, 2.24) is 4.98 Å². The molecule has 0 saturated carbocycles. The largest absolute Gasteiger partial charge is 0.229 e. The Labute approximate surface area is 126 Å². The quantitative estimate of drug-likeness (QED) is 0.780. The van der Waals surface area contributed by atoms with Gasteiger partial charge in [-0.3, -0.25) is 0 Å². The molecule has 0 aliphatic rings. The summed E-state index contributed by atoms with van der Waals surface area (Å²) in [4.78, 5) is 5.46. The molecule has 0 N–H and O–H groups in total. The lowest BCUT2D eigenvalue weighted by atomic mass is 9.87. The molecule has 0 saturated heterocycles. The van der Waals surface area contributed by atoms with Crippen molar-refractivity contribution < 1.29 is 0 Å². The van der Waals surface area contributed by atoms with E-state index in [0.717, 1.165) is 20.1 Å². The first-order chi connectivity index (χ1) is 8.91. The molecule has 0 atom stereocenters. The zero-order chi connectivity index (χ0) is 14.0. The van der Waals surface area contributed by atoms with E-state index >= 15 is 0 Å². The number of hydrogen-bond acceptors (Lipinski definition) is 3. The highest BCUT2D eigenvalue weighted by atomic mass is 79.9. The predicted octanol–water partition coefficient (Wildman–Crippen LogP) is 4.94. The second-order valence-electron chi connectivity index (χ2n) is 5.40. The third-order valence-corrected chi connectivity index (χ3v) is 4.91. The molecule has 1 heterocycles. The lowest BCUT2D eigenvalue weighted by Gasteiger charge is -2.18. The molecule has 0 unspecified atom stereocenters. The van der Waals surface area contributed by atoms with E-state index in [1.807, 2.05) is 0 Å². The first-order valence-electron chi connectivity index (χ1n) is 6.05. The van der Waals surface area contributed by atoms with E-state index in [0.29, 0.717) is 6.42 Å². The molecule has 98 valence electrons. The fraction of sp³-hybridized carbons (Fsp3) is 0.333. The number of halogens is 1. The zero-order valence-corrected chi connectivity index (χ0v) is 13.6. The van der Waals surface area contributed by atoms with Crippen LogP contribution in [0.15, 0.2) is 28.9 Å². The van der Waals surface area contributed by atoms with Crippen LogP contribution in [-0.4, -0.2) is 4.98 Å². The van der Waals surface area contributed by atoms with Gasteiger partial charge in [0.2, 0.25) is 0 Å². The van der Waals surface area contributed by atoms with Gasteiger partial charge < -0.3 is 0 Å². The summed E-state index contributed by atoms with van der Waals surface area (Å²) in [7, 11) is 0. The van der Waals surface area contributed by atoms with Gasteiger partial charge in [0.1, 0.15) is 9.61 Å². The molecule has 0 fully saturated rings. The molecule has 0 amide bonds. The normalized spacial score (nSPS) is 11.3. The molecule has 2 aromatic rings.